The number of benzene rings is 2. The second-order valence-electron chi connectivity index (χ2n) is 3.55. The average molecular weight is 262 g/mol. The monoisotopic (exact) mass is 262 g/mol. The summed E-state index contributed by atoms with van der Waals surface area (Å²) >= 11 is 1.32. The number of hydrogen-bond donors (Lipinski definition) is 0. The number of hydrogen-bond acceptors (Lipinski definition) is 3. The number of carbonyl (C=O) groups is 1. The van der Waals surface area contributed by atoms with Crippen molar-refractivity contribution in [2.45, 2.75) is 9.79 Å². The van der Waals surface area contributed by atoms with E-state index in [4.69, 9.17) is 0 Å². The van der Waals surface area contributed by atoms with Crippen molar-refractivity contribution < 1.29 is 13.9 Å². The van der Waals surface area contributed by atoms with E-state index in [0.717, 1.165) is 4.90 Å². The normalized spacial score (nSPS) is 10.1. The summed E-state index contributed by atoms with van der Waals surface area (Å²) in [5, 5.41) is 0. The highest BCUT2D eigenvalue weighted by atomic mass is 32.2. The highest BCUT2D eigenvalue weighted by molar-refractivity contribution is 7.99. The van der Waals surface area contributed by atoms with Crippen LogP contribution >= 0.6 is 11.8 Å². The van der Waals surface area contributed by atoms with Gasteiger partial charge in [0.1, 0.15) is 5.82 Å². The lowest BCUT2D eigenvalue weighted by atomic mass is 10.2. The molecule has 92 valence electrons. The van der Waals surface area contributed by atoms with Crippen molar-refractivity contribution in [3.8, 4) is 0 Å². The van der Waals surface area contributed by atoms with Crippen LogP contribution < -0.4 is 0 Å². The topological polar surface area (TPSA) is 26.3 Å². The first-order valence-corrected chi connectivity index (χ1v) is 6.13. The van der Waals surface area contributed by atoms with Crippen molar-refractivity contribution in [1.82, 2.24) is 0 Å². The summed E-state index contributed by atoms with van der Waals surface area (Å²) in [6, 6.07) is 13.4. The fraction of sp³-hybridized carbons (Fsp3) is 0.0714. The van der Waals surface area contributed by atoms with Crippen LogP contribution in [-0.4, -0.2) is 13.1 Å². The van der Waals surface area contributed by atoms with Gasteiger partial charge in [0, 0.05) is 9.79 Å². The lowest BCUT2D eigenvalue weighted by molar-refractivity contribution is 0.0600. The van der Waals surface area contributed by atoms with E-state index in [2.05, 4.69) is 4.74 Å². The third-order valence-electron chi connectivity index (χ3n) is 2.34. The first-order valence-electron chi connectivity index (χ1n) is 5.31. The second-order valence-corrected chi connectivity index (χ2v) is 4.66. The molecular weight excluding hydrogens is 251 g/mol. The summed E-state index contributed by atoms with van der Waals surface area (Å²) in [6.07, 6.45) is 0. The molecule has 0 spiro atoms. The minimum Gasteiger partial charge on any atom is -0.465 e. The first kappa shape index (κ1) is 12.6. The van der Waals surface area contributed by atoms with Crippen LogP contribution in [0, 0.1) is 5.82 Å². The average Bonchev–Trinajstić information content (AvgIpc) is 2.41. The van der Waals surface area contributed by atoms with Gasteiger partial charge < -0.3 is 4.74 Å². The Morgan fingerprint density at radius 3 is 2.39 bits per heavy atom. The maximum absolute atomic E-state index is 13.4. The number of ether oxygens (including phenoxy) is 1. The van der Waals surface area contributed by atoms with Gasteiger partial charge in [-0.3, -0.25) is 0 Å². The molecule has 0 saturated heterocycles. The van der Waals surface area contributed by atoms with Crippen LogP contribution in [0.3, 0.4) is 0 Å². The highest BCUT2D eigenvalue weighted by Crippen LogP contribution is 2.29. The molecule has 2 aromatic carbocycles. The number of halogens is 1. The first-order chi connectivity index (χ1) is 8.70. The van der Waals surface area contributed by atoms with Gasteiger partial charge in [-0.05, 0) is 36.4 Å². The van der Waals surface area contributed by atoms with Gasteiger partial charge in [-0.25, -0.2) is 9.18 Å². The number of esters is 1. The van der Waals surface area contributed by atoms with Gasteiger partial charge in [0.25, 0.3) is 0 Å². The van der Waals surface area contributed by atoms with Crippen molar-refractivity contribution in [2.75, 3.05) is 7.11 Å². The minimum atomic E-state index is -0.377. The van der Waals surface area contributed by atoms with Crippen LogP contribution in [0.1, 0.15) is 10.4 Å². The molecule has 0 radical (unpaired) electrons. The fourth-order valence-electron chi connectivity index (χ4n) is 1.43. The summed E-state index contributed by atoms with van der Waals surface area (Å²) in [5.41, 5.74) is 0.482. The van der Waals surface area contributed by atoms with Crippen molar-refractivity contribution in [3.63, 3.8) is 0 Å². The summed E-state index contributed by atoms with van der Waals surface area (Å²) in [6.45, 7) is 0. The molecular formula is C14H11FO2S. The third-order valence-corrected chi connectivity index (χ3v) is 3.40. The van der Waals surface area contributed by atoms with E-state index in [1.54, 1.807) is 42.5 Å². The van der Waals surface area contributed by atoms with Crippen LogP contribution in [-0.2, 0) is 4.74 Å². The Balaban J connectivity index is 2.16. The Labute approximate surface area is 109 Å². The molecule has 0 aliphatic rings. The van der Waals surface area contributed by atoms with Gasteiger partial charge in [-0.2, -0.15) is 0 Å². The molecule has 0 saturated carbocycles. The standard InChI is InChI=1S/C14H11FO2S/c1-17-14(16)10-6-8-11(9-7-10)18-13-5-3-2-4-12(13)15/h2-9H,1H3. The zero-order chi connectivity index (χ0) is 13.0. The van der Waals surface area contributed by atoms with E-state index in [-0.39, 0.29) is 11.8 Å². The number of methoxy groups -OCH3 is 1. The van der Waals surface area contributed by atoms with Crippen LogP contribution in [0.2, 0.25) is 0 Å². The van der Waals surface area contributed by atoms with E-state index in [1.165, 1.54) is 24.9 Å². The predicted molar refractivity (Wildman–Crippen MR) is 68.3 cm³/mol. The Kier molecular flexibility index (Phi) is 3.99. The maximum Gasteiger partial charge on any atom is 0.337 e. The molecule has 0 heterocycles. The van der Waals surface area contributed by atoms with Gasteiger partial charge in [0.2, 0.25) is 0 Å². The lowest BCUT2D eigenvalue weighted by Gasteiger charge is -2.04. The Bertz CT molecular complexity index is 552. The lowest BCUT2D eigenvalue weighted by Crippen LogP contribution is -2.00. The van der Waals surface area contributed by atoms with Crippen molar-refractivity contribution >= 4 is 17.7 Å². The largest absolute Gasteiger partial charge is 0.465 e. The maximum atomic E-state index is 13.4. The molecule has 0 amide bonds. The second kappa shape index (κ2) is 5.69. The van der Waals surface area contributed by atoms with Crippen LogP contribution in [0.25, 0.3) is 0 Å². The van der Waals surface area contributed by atoms with Crippen LogP contribution in [0.5, 0.6) is 0 Å². The molecule has 0 fully saturated rings. The molecule has 0 aromatic heterocycles. The summed E-state index contributed by atoms with van der Waals surface area (Å²) < 4.78 is 18.1. The minimum absolute atomic E-state index is 0.250. The molecule has 2 rings (SSSR count). The van der Waals surface area contributed by atoms with E-state index >= 15 is 0 Å². The highest BCUT2D eigenvalue weighted by Gasteiger charge is 2.06. The third kappa shape index (κ3) is 2.90. The molecule has 2 aromatic rings. The quantitative estimate of drug-likeness (QED) is 0.788. The molecule has 0 aliphatic heterocycles. The summed E-state index contributed by atoms with van der Waals surface area (Å²) in [5.74, 6) is -0.628. The molecule has 0 bridgehead atoms. The molecule has 2 nitrogen and oxygen atoms in total. The smallest absolute Gasteiger partial charge is 0.337 e. The number of rotatable bonds is 3. The Morgan fingerprint density at radius 1 is 1.11 bits per heavy atom. The zero-order valence-electron chi connectivity index (χ0n) is 9.72. The van der Waals surface area contributed by atoms with Crippen molar-refractivity contribution in [2.24, 2.45) is 0 Å². The van der Waals surface area contributed by atoms with Gasteiger partial charge in [0.05, 0.1) is 12.7 Å². The molecule has 0 N–H and O–H groups in total. The van der Waals surface area contributed by atoms with E-state index in [0.29, 0.717) is 10.5 Å². The SMILES string of the molecule is COC(=O)c1ccc(Sc2ccccc2F)cc1. The van der Waals surface area contributed by atoms with E-state index in [9.17, 15) is 9.18 Å². The summed E-state index contributed by atoms with van der Waals surface area (Å²) in [7, 11) is 1.34. The zero-order valence-corrected chi connectivity index (χ0v) is 10.5. The van der Waals surface area contributed by atoms with Crippen LogP contribution in [0.4, 0.5) is 4.39 Å². The molecule has 4 heteroatoms. The summed E-state index contributed by atoms with van der Waals surface area (Å²) in [4.78, 5) is 12.7. The molecule has 0 atom stereocenters. The van der Waals surface area contributed by atoms with Gasteiger partial charge in [-0.15, -0.1) is 0 Å². The van der Waals surface area contributed by atoms with Gasteiger partial charge in [-0.1, -0.05) is 23.9 Å². The van der Waals surface area contributed by atoms with Gasteiger partial charge >= 0.3 is 5.97 Å². The Hall–Kier alpha value is -1.81. The van der Waals surface area contributed by atoms with E-state index < -0.39 is 0 Å². The van der Waals surface area contributed by atoms with Crippen LogP contribution in [0.15, 0.2) is 58.3 Å². The van der Waals surface area contributed by atoms with Crippen molar-refractivity contribution in [1.29, 1.82) is 0 Å². The van der Waals surface area contributed by atoms with Crippen molar-refractivity contribution in [3.05, 3.63) is 59.9 Å². The number of carbonyl (C=O) groups excluding carboxylic acids is 1. The molecule has 18 heavy (non-hydrogen) atoms. The predicted octanol–water partition coefficient (Wildman–Crippen LogP) is 3.76. The Morgan fingerprint density at radius 2 is 1.78 bits per heavy atom. The van der Waals surface area contributed by atoms with E-state index in [1.807, 2.05) is 0 Å². The fourth-order valence-corrected chi connectivity index (χ4v) is 2.27. The molecule has 0 unspecified atom stereocenters. The van der Waals surface area contributed by atoms with Gasteiger partial charge in [0.15, 0.2) is 0 Å². The molecule has 0 aliphatic carbocycles.